The molecule has 9 heteroatoms. The van der Waals surface area contributed by atoms with Crippen molar-refractivity contribution in [1.29, 1.82) is 0 Å². The zero-order chi connectivity index (χ0) is 18.3. The highest BCUT2D eigenvalue weighted by Crippen LogP contribution is 2.46. The van der Waals surface area contributed by atoms with Crippen molar-refractivity contribution in [1.82, 2.24) is 9.55 Å². The number of aromatic nitrogens is 2. The molecule has 0 aliphatic carbocycles. The first kappa shape index (κ1) is 19.4. The lowest BCUT2D eigenvalue weighted by Gasteiger charge is -2.32. The Morgan fingerprint density at radius 2 is 2.08 bits per heavy atom. The summed E-state index contributed by atoms with van der Waals surface area (Å²) < 4.78 is 27.1. The maximum absolute atomic E-state index is 13.7. The number of hydrogen-bond acceptors (Lipinski definition) is 4. The highest BCUT2D eigenvalue weighted by molar-refractivity contribution is 6.69. The molecule has 2 heterocycles. The van der Waals surface area contributed by atoms with Gasteiger partial charge in [-0.3, -0.25) is 14.3 Å². The summed E-state index contributed by atoms with van der Waals surface area (Å²) in [6.07, 6.45) is 0.196. The Morgan fingerprint density at radius 3 is 2.58 bits per heavy atom. The van der Waals surface area contributed by atoms with Crippen molar-refractivity contribution >= 4 is 19.9 Å². The highest BCUT2D eigenvalue weighted by atomic mass is 35.5. The minimum atomic E-state index is -1.97. The second-order valence-electron chi connectivity index (χ2n) is 7.19. The molecule has 136 valence electrons. The SMILES string of the molecule is CC[C@@]1(CCl)O[C@@H](n2cc(F)c(=O)[nH]c2=O)[C@@H](O[Si](C)(C)C)[C@@H]1C. The monoisotopic (exact) mass is 378 g/mol. The van der Waals surface area contributed by atoms with E-state index in [0.717, 1.165) is 10.8 Å². The van der Waals surface area contributed by atoms with E-state index in [0.29, 0.717) is 6.42 Å². The fraction of sp³-hybridized carbons (Fsp3) is 0.733. The number of ether oxygens (including phenoxy) is 1. The van der Waals surface area contributed by atoms with Crippen LogP contribution in [0.1, 0.15) is 26.5 Å². The molecule has 0 spiro atoms. The Labute approximate surface area is 146 Å². The number of nitrogens with zero attached hydrogens (tertiary/aromatic N) is 1. The zero-order valence-corrected chi connectivity index (χ0v) is 16.3. The maximum Gasteiger partial charge on any atom is 0.330 e. The number of halogens is 2. The van der Waals surface area contributed by atoms with Crippen LogP contribution in [0.5, 0.6) is 0 Å². The summed E-state index contributed by atoms with van der Waals surface area (Å²) >= 11 is 6.16. The summed E-state index contributed by atoms with van der Waals surface area (Å²) in [4.78, 5) is 25.4. The number of alkyl halides is 1. The molecule has 2 rings (SSSR count). The number of H-pyrrole nitrogens is 1. The van der Waals surface area contributed by atoms with Crippen molar-refractivity contribution in [2.24, 2.45) is 5.92 Å². The first-order valence-corrected chi connectivity index (χ1v) is 11.9. The van der Waals surface area contributed by atoms with Crippen LogP contribution in [0.4, 0.5) is 4.39 Å². The highest BCUT2D eigenvalue weighted by Gasteiger charge is 2.53. The first-order chi connectivity index (χ1) is 11.0. The number of nitrogens with one attached hydrogen (secondary N) is 1. The van der Waals surface area contributed by atoms with Crippen molar-refractivity contribution < 1.29 is 13.6 Å². The van der Waals surface area contributed by atoms with E-state index in [1.807, 2.05) is 38.5 Å². The molecule has 1 fully saturated rings. The van der Waals surface area contributed by atoms with Gasteiger partial charge in [-0.25, -0.2) is 4.79 Å². The predicted molar refractivity (Wildman–Crippen MR) is 92.5 cm³/mol. The van der Waals surface area contributed by atoms with Gasteiger partial charge in [0.25, 0.3) is 5.56 Å². The van der Waals surface area contributed by atoms with E-state index in [1.165, 1.54) is 0 Å². The lowest BCUT2D eigenvalue weighted by atomic mass is 9.86. The quantitative estimate of drug-likeness (QED) is 0.631. The van der Waals surface area contributed by atoms with Crippen molar-refractivity contribution in [2.75, 3.05) is 5.88 Å². The minimum absolute atomic E-state index is 0.0985. The fourth-order valence-corrected chi connectivity index (χ4v) is 4.68. The molecule has 6 nitrogen and oxygen atoms in total. The molecule has 4 atom stereocenters. The molecule has 0 bridgehead atoms. The van der Waals surface area contributed by atoms with Crippen LogP contribution < -0.4 is 11.2 Å². The molecule has 1 N–H and O–H groups in total. The standard InChI is InChI=1S/C15H24ClFN2O4Si/c1-6-15(8-16)9(2)11(23-24(3,4)5)13(22-15)19-7-10(17)12(20)18-14(19)21/h7,9,11,13H,6,8H2,1-5H3,(H,18,20,21)/t9-,11-,13+,15-/m0/s1. The number of aromatic amines is 1. The summed E-state index contributed by atoms with van der Waals surface area (Å²) in [5, 5.41) is 0. The van der Waals surface area contributed by atoms with Crippen LogP contribution in [0.2, 0.25) is 19.6 Å². The maximum atomic E-state index is 13.7. The van der Waals surface area contributed by atoms with Crippen LogP contribution in [-0.4, -0.2) is 35.5 Å². The predicted octanol–water partition coefficient (Wildman–Crippen LogP) is 2.45. The van der Waals surface area contributed by atoms with Crippen LogP contribution in [0.15, 0.2) is 15.8 Å². The Morgan fingerprint density at radius 1 is 1.46 bits per heavy atom. The molecular formula is C15H24ClFN2O4Si. The van der Waals surface area contributed by atoms with E-state index in [4.69, 9.17) is 20.8 Å². The molecule has 24 heavy (non-hydrogen) atoms. The van der Waals surface area contributed by atoms with Crippen LogP contribution in [0.3, 0.4) is 0 Å². The summed E-state index contributed by atoms with van der Waals surface area (Å²) in [5.41, 5.74) is -2.46. The molecular weight excluding hydrogens is 355 g/mol. The average molecular weight is 379 g/mol. The first-order valence-electron chi connectivity index (χ1n) is 7.97. The lowest BCUT2D eigenvalue weighted by Crippen LogP contribution is -2.43. The van der Waals surface area contributed by atoms with Gasteiger partial charge in [-0.15, -0.1) is 11.6 Å². The second kappa shape index (κ2) is 6.74. The fourth-order valence-electron chi connectivity index (χ4n) is 3.05. The molecule has 1 aliphatic rings. The Kier molecular flexibility index (Phi) is 5.44. The van der Waals surface area contributed by atoms with E-state index in [1.54, 1.807) is 0 Å². The Bertz CT molecular complexity index is 711. The van der Waals surface area contributed by atoms with Gasteiger partial charge in [0.05, 0.1) is 23.8 Å². The van der Waals surface area contributed by atoms with Gasteiger partial charge in [-0.2, -0.15) is 4.39 Å². The third-order valence-electron chi connectivity index (χ3n) is 4.47. The van der Waals surface area contributed by atoms with Crippen LogP contribution in [0.25, 0.3) is 0 Å². The van der Waals surface area contributed by atoms with Gasteiger partial charge in [-0.1, -0.05) is 13.8 Å². The van der Waals surface area contributed by atoms with Gasteiger partial charge >= 0.3 is 5.69 Å². The summed E-state index contributed by atoms with van der Waals surface area (Å²) in [5.74, 6) is -0.913. The third-order valence-corrected chi connectivity index (χ3v) is 5.90. The van der Waals surface area contributed by atoms with E-state index < -0.39 is 43.3 Å². The van der Waals surface area contributed by atoms with Gasteiger partial charge in [0, 0.05) is 5.92 Å². The van der Waals surface area contributed by atoms with E-state index in [2.05, 4.69) is 0 Å². The van der Waals surface area contributed by atoms with Crippen molar-refractivity contribution in [3.05, 3.63) is 32.9 Å². The molecule has 0 unspecified atom stereocenters. The number of hydrogen-bond donors (Lipinski definition) is 1. The van der Waals surface area contributed by atoms with Crippen LogP contribution >= 0.6 is 11.6 Å². The molecule has 1 aromatic heterocycles. The molecule has 0 amide bonds. The van der Waals surface area contributed by atoms with Gasteiger partial charge in [0.15, 0.2) is 14.5 Å². The van der Waals surface area contributed by atoms with Crippen molar-refractivity contribution in [3.8, 4) is 0 Å². The summed E-state index contributed by atoms with van der Waals surface area (Å²) in [6.45, 7) is 9.99. The topological polar surface area (TPSA) is 73.3 Å². The van der Waals surface area contributed by atoms with E-state index in [-0.39, 0.29) is 11.8 Å². The molecule has 1 aromatic rings. The largest absolute Gasteiger partial charge is 0.410 e. The average Bonchev–Trinajstić information content (AvgIpc) is 2.75. The van der Waals surface area contributed by atoms with Crippen LogP contribution in [0, 0.1) is 11.7 Å². The van der Waals surface area contributed by atoms with E-state index >= 15 is 0 Å². The van der Waals surface area contributed by atoms with Crippen molar-refractivity contribution in [3.63, 3.8) is 0 Å². The molecule has 0 aromatic carbocycles. The molecule has 0 saturated carbocycles. The molecule has 0 radical (unpaired) electrons. The Balaban J connectivity index is 2.55. The number of rotatable bonds is 5. The van der Waals surface area contributed by atoms with Crippen LogP contribution in [-0.2, 0) is 9.16 Å². The summed E-state index contributed by atoms with van der Waals surface area (Å²) in [7, 11) is -1.97. The smallest absolute Gasteiger partial charge is 0.330 e. The van der Waals surface area contributed by atoms with Gasteiger partial charge < -0.3 is 9.16 Å². The van der Waals surface area contributed by atoms with Gasteiger partial charge in [-0.05, 0) is 26.1 Å². The normalized spacial score (nSPS) is 30.7. The minimum Gasteiger partial charge on any atom is -0.410 e. The van der Waals surface area contributed by atoms with E-state index in [9.17, 15) is 14.0 Å². The second-order valence-corrected chi connectivity index (χ2v) is 11.9. The molecule has 1 aliphatic heterocycles. The molecule has 1 saturated heterocycles. The Hall–Kier alpha value is -0.963. The third kappa shape index (κ3) is 3.51. The lowest BCUT2D eigenvalue weighted by molar-refractivity contribution is -0.0835. The van der Waals surface area contributed by atoms with Gasteiger partial charge in [0.2, 0.25) is 5.82 Å². The van der Waals surface area contributed by atoms with Crippen molar-refractivity contribution in [2.45, 2.75) is 57.8 Å². The zero-order valence-electron chi connectivity index (χ0n) is 14.6. The van der Waals surface area contributed by atoms with Gasteiger partial charge in [0.1, 0.15) is 0 Å². The summed E-state index contributed by atoms with van der Waals surface area (Å²) in [6, 6.07) is 0.